The average molecular weight is 262 g/mol. The zero-order chi connectivity index (χ0) is 12.5. The quantitative estimate of drug-likeness (QED) is 0.903. The molecule has 1 aromatic heterocycles. The highest BCUT2D eigenvalue weighted by Gasteiger charge is 2.23. The fourth-order valence-corrected chi connectivity index (χ4v) is 3.61. The third-order valence-electron chi connectivity index (χ3n) is 3.50. The molecule has 1 aliphatic rings. The third-order valence-corrected chi connectivity index (χ3v) is 4.64. The molecule has 1 aromatic carbocycles. The highest BCUT2D eigenvalue weighted by atomic mass is 32.1. The number of aromatic nitrogens is 1. The molecule has 0 saturated heterocycles. The number of aryl methyl sites for hydroxylation is 1. The van der Waals surface area contributed by atoms with Gasteiger partial charge in [0.2, 0.25) is 0 Å². The second-order valence-electron chi connectivity index (χ2n) is 4.67. The summed E-state index contributed by atoms with van der Waals surface area (Å²) in [4.78, 5) is 5.90. The van der Waals surface area contributed by atoms with Crippen LogP contribution in [-0.2, 0) is 19.4 Å². The van der Waals surface area contributed by atoms with Gasteiger partial charge in [-0.3, -0.25) is 0 Å². The number of fused-ring (bicyclic) bond motifs is 1. The molecule has 2 N–H and O–H groups in total. The van der Waals surface area contributed by atoms with Crippen LogP contribution in [0.1, 0.15) is 33.5 Å². The first-order valence-corrected chi connectivity index (χ1v) is 7.01. The maximum Gasteiger partial charge on any atom is 0.123 e. The van der Waals surface area contributed by atoms with Crippen molar-refractivity contribution in [2.45, 2.75) is 31.7 Å². The Balaban J connectivity index is 1.83. The zero-order valence-corrected chi connectivity index (χ0v) is 10.8. The molecular formula is C14H15FN2S. The molecule has 94 valence electrons. The number of thiazole rings is 1. The first kappa shape index (κ1) is 11.8. The lowest BCUT2D eigenvalue weighted by Crippen LogP contribution is -2.11. The van der Waals surface area contributed by atoms with Crippen molar-refractivity contribution in [2.24, 2.45) is 5.73 Å². The molecule has 2 nitrogen and oxygen atoms in total. The van der Waals surface area contributed by atoms with E-state index < -0.39 is 0 Å². The first-order valence-electron chi connectivity index (χ1n) is 6.19. The van der Waals surface area contributed by atoms with Gasteiger partial charge in [-0.15, -0.1) is 11.3 Å². The molecule has 2 aromatic rings. The van der Waals surface area contributed by atoms with Gasteiger partial charge in [0, 0.05) is 11.4 Å². The van der Waals surface area contributed by atoms with Crippen molar-refractivity contribution in [1.82, 2.24) is 4.98 Å². The summed E-state index contributed by atoms with van der Waals surface area (Å²) in [6, 6.07) is 6.89. The molecular weight excluding hydrogens is 247 g/mol. The van der Waals surface area contributed by atoms with Crippen LogP contribution < -0.4 is 5.73 Å². The average Bonchev–Trinajstić information content (AvgIpc) is 2.81. The largest absolute Gasteiger partial charge is 0.325 e. The van der Waals surface area contributed by atoms with Gasteiger partial charge in [0.15, 0.2) is 0 Å². The molecule has 0 radical (unpaired) electrons. The Bertz CT molecular complexity index is 547. The van der Waals surface area contributed by atoms with Crippen LogP contribution in [0.3, 0.4) is 0 Å². The molecule has 0 amide bonds. The molecule has 4 heteroatoms. The van der Waals surface area contributed by atoms with Crippen molar-refractivity contribution in [3.8, 4) is 0 Å². The maximum atomic E-state index is 12.9. The van der Waals surface area contributed by atoms with Crippen molar-refractivity contribution in [2.75, 3.05) is 0 Å². The van der Waals surface area contributed by atoms with E-state index in [1.165, 1.54) is 16.1 Å². The smallest absolute Gasteiger partial charge is 0.123 e. The van der Waals surface area contributed by atoms with Gasteiger partial charge in [0.05, 0.1) is 5.69 Å². The van der Waals surface area contributed by atoms with E-state index in [0.717, 1.165) is 24.3 Å². The van der Waals surface area contributed by atoms with Gasteiger partial charge in [-0.05, 0) is 42.9 Å². The minimum atomic E-state index is -0.168. The summed E-state index contributed by atoms with van der Waals surface area (Å²) in [6.07, 6.45) is 3.11. The van der Waals surface area contributed by atoms with Crippen molar-refractivity contribution in [3.05, 3.63) is 51.2 Å². The van der Waals surface area contributed by atoms with E-state index in [0.29, 0.717) is 12.5 Å². The van der Waals surface area contributed by atoms with Gasteiger partial charge in [-0.1, -0.05) is 12.1 Å². The minimum Gasteiger partial charge on any atom is -0.325 e. The van der Waals surface area contributed by atoms with Crippen LogP contribution in [0.5, 0.6) is 0 Å². The van der Waals surface area contributed by atoms with E-state index in [4.69, 9.17) is 5.73 Å². The molecule has 18 heavy (non-hydrogen) atoms. The molecule has 0 spiro atoms. The normalized spacial score (nSPS) is 18.7. The maximum absolute atomic E-state index is 12.9. The number of nitrogens with two attached hydrogens (primary N) is 1. The van der Waals surface area contributed by atoms with E-state index in [1.54, 1.807) is 23.5 Å². The van der Waals surface area contributed by atoms with Gasteiger partial charge in [-0.25, -0.2) is 9.37 Å². The number of hydrogen-bond donors (Lipinski definition) is 1. The Labute approximate surface area is 110 Å². The molecule has 1 heterocycles. The SMILES string of the molecule is NCc1nc2c(s1)CC(c1ccc(F)cc1)CC2. The van der Waals surface area contributed by atoms with Crippen LogP contribution in [-0.4, -0.2) is 4.98 Å². The monoisotopic (exact) mass is 262 g/mol. The molecule has 3 rings (SSSR count). The Morgan fingerprint density at radius 3 is 2.83 bits per heavy atom. The first-order chi connectivity index (χ1) is 8.76. The van der Waals surface area contributed by atoms with E-state index in [2.05, 4.69) is 4.98 Å². The van der Waals surface area contributed by atoms with Crippen molar-refractivity contribution < 1.29 is 4.39 Å². The van der Waals surface area contributed by atoms with Crippen molar-refractivity contribution in [3.63, 3.8) is 0 Å². The van der Waals surface area contributed by atoms with Crippen LogP contribution in [0.4, 0.5) is 4.39 Å². The van der Waals surface area contributed by atoms with E-state index in [-0.39, 0.29) is 5.82 Å². The lowest BCUT2D eigenvalue weighted by atomic mass is 9.85. The fraction of sp³-hybridized carbons (Fsp3) is 0.357. The highest BCUT2D eigenvalue weighted by molar-refractivity contribution is 7.11. The van der Waals surface area contributed by atoms with Gasteiger partial charge < -0.3 is 5.73 Å². The summed E-state index contributed by atoms with van der Waals surface area (Å²) < 4.78 is 12.9. The second-order valence-corrected chi connectivity index (χ2v) is 5.84. The molecule has 0 saturated carbocycles. The zero-order valence-electron chi connectivity index (χ0n) is 10.0. The summed E-state index contributed by atoms with van der Waals surface area (Å²) in [5.41, 5.74) is 8.08. The summed E-state index contributed by atoms with van der Waals surface area (Å²) in [5, 5.41) is 1.03. The molecule has 1 unspecified atom stereocenters. The molecule has 0 fully saturated rings. The Morgan fingerprint density at radius 1 is 1.33 bits per heavy atom. The van der Waals surface area contributed by atoms with Crippen molar-refractivity contribution >= 4 is 11.3 Å². The van der Waals surface area contributed by atoms with Gasteiger partial charge in [0.25, 0.3) is 0 Å². The third kappa shape index (κ3) is 2.18. The van der Waals surface area contributed by atoms with Gasteiger partial charge in [-0.2, -0.15) is 0 Å². The van der Waals surface area contributed by atoms with Gasteiger partial charge >= 0.3 is 0 Å². The summed E-state index contributed by atoms with van der Waals surface area (Å²) in [7, 11) is 0. The highest BCUT2D eigenvalue weighted by Crippen LogP contribution is 2.35. The van der Waals surface area contributed by atoms with Crippen LogP contribution >= 0.6 is 11.3 Å². The van der Waals surface area contributed by atoms with Crippen LogP contribution in [0.2, 0.25) is 0 Å². The van der Waals surface area contributed by atoms with Crippen LogP contribution in [0.25, 0.3) is 0 Å². The summed E-state index contributed by atoms with van der Waals surface area (Å²) in [6.45, 7) is 0.527. The van der Waals surface area contributed by atoms with E-state index in [9.17, 15) is 4.39 Å². The van der Waals surface area contributed by atoms with Crippen molar-refractivity contribution in [1.29, 1.82) is 0 Å². The number of rotatable bonds is 2. The van der Waals surface area contributed by atoms with Gasteiger partial charge in [0.1, 0.15) is 10.8 Å². The number of hydrogen-bond acceptors (Lipinski definition) is 3. The fourth-order valence-electron chi connectivity index (χ4n) is 2.54. The number of benzene rings is 1. The summed E-state index contributed by atoms with van der Waals surface area (Å²) >= 11 is 1.73. The standard InChI is InChI=1S/C14H15FN2S/c15-11-4-1-9(2-5-11)10-3-6-12-13(7-10)18-14(8-16)17-12/h1-2,4-5,10H,3,6-8,16H2. The molecule has 1 aliphatic carbocycles. The topological polar surface area (TPSA) is 38.9 Å². The lowest BCUT2D eigenvalue weighted by Gasteiger charge is -2.21. The second kappa shape index (κ2) is 4.78. The Morgan fingerprint density at radius 2 is 2.11 bits per heavy atom. The summed E-state index contributed by atoms with van der Waals surface area (Å²) in [5.74, 6) is 0.322. The predicted molar refractivity (Wildman–Crippen MR) is 71.2 cm³/mol. The minimum absolute atomic E-state index is 0.168. The molecule has 1 atom stereocenters. The Hall–Kier alpha value is -1.26. The molecule has 0 bridgehead atoms. The van der Waals surface area contributed by atoms with E-state index >= 15 is 0 Å². The predicted octanol–water partition coefficient (Wildman–Crippen LogP) is 3.01. The van der Waals surface area contributed by atoms with Crippen LogP contribution in [0, 0.1) is 5.82 Å². The van der Waals surface area contributed by atoms with E-state index in [1.807, 2.05) is 12.1 Å². The lowest BCUT2D eigenvalue weighted by molar-refractivity contribution is 0.579. The van der Waals surface area contributed by atoms with Crippen LogP contribution in [0.15, 0.2) is 24.3 Å². The molecule has 0 aliphatic heterocycles. The Kier molecular flexibility index (Phi) is 3.14. The number of nitrogens with zero attached hydrogens (tertiary/aromatic N) is 1. The number of halogens is 1.